The van der Waals surface area contributed by atoms with Gasteiger partial charge in [-0.1, -0.05) is 50.1 Å². The number of halogens is 2. The van der Waals surface area contributed by atoms with Crippen molar-refractivity contribution in [1.29, 1.82) is 0 Å². The third-order valence-electron chi connectivity index (χ3n) is 2.77. The van der Waals surface area contributed by atoms with E-state index in [1.54, 1.807) is 7.11 Å². The normalized spacial score (nSPS) is 12.2. The van der Waals surface area contributed by atoms with Crippen LogP contribution in [-0.4, -0.2) is 7.11 Å². The van der Waals surface area contributed by atoms with Gasteiger partial charge in [0, 0.05) is 14.5 Å². The summed E-state index contributed by atoms with van der Waals surface area (Å²) >= 11 is 6.99. The number of ether oxygens (including phenoxy) is 1. The van der Waals surface area contributed by atoms with Crippen LogP contribution in [0, 0.1) is 0 Å². The van der Waals surface area contributed by atoms with Crippen LogP contribution >= 0.6 is 31.9 Å². The minimum absolute atomic E-state index is 0.229. The standard InChI is InChI=1S/C14H13Br2NO/c1-18-13-7-6-9(15)8-11(13)14(17)10-4-2-3-5-12(10)16/h2-8,14H,17H2,1H3. The molecule has 2 aromatic rings. The summed E-state index contributed by atoms with van der Waals surface area (Å²) in [5, 5.41) is 0. The van der Waals surface area contributed by atoms with E-state index in [1.165, 1.54) is 0 Å². The molecule has 0 saturated heterocycles. The molecule has 0 amide bonds. The van der Waals surface area contributed by atoms with Gasteiger partial charge in [-0.15, -0.1) is 0 Å². The van der Waals surface area contributed by atoms with Gasteiger partial charge < -0.3 is 10.5 Å². The van der Waals surface area contributed by atoms with Crippen molar-refractivity contribution in [2.45, 2.75) is 6.04 Å². The maximum atomic E-state index is 6.33. The molecule has 2 nitrogen and oxygen atoms in total. The fourth-order valence-electron chi connectivity index (χ4n) is 1.84. The Bertz CT molecular complexity index is 557. The van der Waals surface area contributed by atoms with Gasteiger partial charge in [-0.3, -0.25) is 0 Å². The van der Waals surface area contributed by atoms with Gasteiger partial charge >= 0.3 is 0 Å². The molecule has 0 aliphatic carbocycles. The topological polar surface area (TPSA) is 35.2 Å². The van der Waals surface area contributed by atoms with Crippen LogP contribution < -0.4 is 10.5 Å². The number of nitrogens with two attached hydrogens (primary N) is 1. The molecule has 0 saturated carbocycles. The fourth-order valence-corrected chi connectivity index (χ4v) is 2.75. The Morgan fingerprint density at radius 3 is 2.44 bits per heavy atom. The van der Waals surface area contributed by atoms with E-state index in [0.29, 0.717) is 0 Å². The highest BCUT2D eigenvalue weighted by Crippen LogP contribution is 2.33. The first kappa shape index (κ1) is 13.6. The van der Waals surface area contributed by atoms with Crippen molar-refractivity contribution in [1.82, 2.24) is 0 Å². The molecule has 0 radical (unpaired) electrons. The third-order valence-corrected chi connectivity index (χ3v) is 3.98. The average molecular weight is 371 g/mol. The monoisotopic (exact) mass is 369 g/mol. The zero-order chi connectivity index (χ0) is 13.1. The molecule has 2 aromatic carbocycles. The number of rotatable bonds is 3. The number of hydrogen-bond donors (Lipinski definition) is 1. The first-order valence-corrected chi connectivity index (χ1v) is 7.05. The maximum Gasteiger partial charge on any atom is 0.124 e. The second-order valence-electron chi connectivity index (χ2n) is 3.89. The Morgan fingerprint density at radius 2 is 1.78 bits per heavy atom. The summed E-state index contributed by atoms with van der Waals surface area (Å²) in [6, 6.07) is 13.6. The lowest BCUT2D eigenvalue weighted by Crippen LogP contribution is -2.13. The first-order chi connectivity index (χ1) is 8.63. The Labute approximate surface area is 123 Å². The van der Waals surface area contributed by atoms with Crippen LogP contribution in [0.4, 0.5) is 0 Å². The van der Waals surface area contributed by atoms with Gasteiger partial charge in [-0.2, -0.15) is 0 Å². The predicted octanol–water partition coefficient (Wildman–Crippen LogP) is 4.27. The van der Waals surface area contributed by atoms with Crippen molar-refractivity contribution in [3.05, 3.63) is 62.5 Å². The van der Waals surface area contributed by atoms with Crippen LogP contribution in [0.2, 0.25) is 0 Å². The highest BCUT2D eigenvalue weighted by Gasteiger charge is 2.16. The number of benzene rings is 2. The van der Waals surface area contributed by atoms with Crippen molar-refractivity contribution in [2.75, 3.05) is 7.11 Å². The second kappa shape index (κ2) is 5.87. The molecular weight excluding hydrogens is 358 g/mol. The summed E-state index contributed by atoms with van der Waals surface area (Å²) in [7, 11) is 1.65. The smallest absolute Gasteiger partial charge is 0.124 e. The van der Waals surface area contributed by atoms with Crippen molar-refractivity contribution >= 4 is 31.9 Å². The molecule has 18 heavy (non-hydrogen) atoms. The zero-order valence-corrected chi connectivity index (χ0v) is 13.0. The van der Waals surface area contributed by atoms with E-state index >= 15 is 0 Å². The van der Waals surface area contributed by atoms with Crippen LogP contribution in [0.5, 0.6) is 5.75 Å². The molecule has 0 bridgehead atoms. The van der Waals surface area contributed by atoms with Crippen LogP contribution in [0.15, 0.2) is 51.4 Å². The highest BCUT2D eigenvalue weighted by molar-refractivity contribution is 9.10. The molecule has 0 fully saturated rings. The lowest BCUT2D eigenvalue weighted by molar-refractivity contribution is 0.407. The summed E-state index contributed by atoms with van der Waals surface area (Å²) in [5.41, 5.74) is 8.32. The quantitative estimate of drug-likeness (QED) is 0.875. The van der Waals surface area contributed by atoms with Gasteiger partial charge in [0.2, 0.25) is 0 Å². The van der Waals surface area contributed by atoms with Crippen molar-refractivity contribution in [2.24, 2.45) is 5.73 Å². The third kappa shape index (κ3) is 2.76. The molecule has 2 N–H and O–H groups in total. The van der Waals surface area contributed by atoms with Gasteiger partial charge in [0.15, 0.2) is 0 Å². The molecule has 0 aromatic heterocycles. The SMILES string of the molecule is COc1ccc(Br)cc1C(N)c1ccccc1Br. The largest absolute Gasteiger partial charge is 0.496 e. The van der Waals surface area contributed by atoms with E-state index in [9.17, 15) is 0 Å². The lowest BCUT2D eigenvalue weighted by atomic mass is 9.99. The summed E-state index contributed by atoms with van der Waals surface area (Å²) in [6.45, 7) is 0. The zero-order valence-electron chi connectivity index (χ0n) is 9.86. The summed E-state index contributed by atoms with van der Waals surface area (Å²) in [5.74, 6) is 0.793. The van der Waals surface area contributed by atoms with Gasteiger partial charge in [-0.05, 0) is 29.8 Å². The van der Waals surface area contributed by atoms with Crippen LogP contribution in [0.25, 0.3) is 0 Å². The molecular formula is C14H13Br2NO. The van der Waals surface area contributed by atoms with Crippen molar-refractivity contribution in [3.8, 4) is 5.75 Å². The molecule has 2 rings (SSSR count). The molecule has 1 unspecified atom stereocenters. The second-order valence-corrected chi connectivity index (χ2v) is 5.66. The Hall–Kier alpha value is -0.840. The van der Waals surface area contributed by atoms with E-state index in [2.05, 4.69) is 31.9 Å². The van der Waals surface area contributed by atoms with Crippen LogP contribution in [0.3, 0.4) is 0 Å². The summed E-state index contributed by atoms with van der Waals surface area (Å²) in [4.78, 5) is 0. The van der Waals surface area contributed by atoms with Gasteiger partial charge in [0.1, 0.15) is 5.75 Å². The molecule has 0 heterocycles. The molecule has 0 spiro atoms. The molecule has 0 aliphatic heterocycles. The van der Waals surface area contributed by atoms with Gasteiger partial charge in [-0.25, -0.2) is 0 Å². The molecule has 0 aliphatic rings. The van der Waals surface area contributed by atoms with Crippen molar-refractivity contribution < 1.29 is 4.74 Å². The first-order valence-electron chi connectivity index (χ1n) is 5.47. The van der Waals surface area contributed by atoms with Gasteiger partial charge in [0.25, 0.3) is 0 Å². The number of methoxy groups -OCH3 is 1. The van der Waals surface area contributed by atoms with E-state index in [4.69, 9.17) is 10.5 Å². The van der Waals surface area contributed by atoms with Gasteiger partial charge in [0.05, 0.1) is 13.2 Å². The highest BCUT2D eigenvalue weighted by atomic mass is 79.9. The number of hydrogen-bond acceptors (Lipinski definition) is 2. The minimum atomic E-state index is -0.229. The molecule has 94 valence electrons. The molecule has 1 atom stereocenters. The van der Waals surface area contributed by atoms with Crippen LogP contribution in [0.1, 0.15) is 17.2 Å². The maximum absolute atomic E-state index is 6.33. The lowest BCUT2D eigenvalue weighted by Gasteiger charge is -2.17. The fraction of sp³-hybridized carbons (Fsp3) is 0.143. The Balaban J connectivity index is 2.48. The Morgan fingerprint density at radius 1 is 1.06 bits per heavy atom. The molecule has 4 heteroatoms. The summed E-state index contributed by atoms with van der Waals surface area (Å²) < 4.78 is 7.35. The average Bonchev–Trinajstić information content (AvgIpc) is 2.38. The minimum Gasteiger partial charge on any atom is -0.496 e. The van der Waals surface area contributed by atoms with Crippen LogP contribution in [-0.2, 0) is 0 Å². The summed E-state index contributed by atoms with van der Waals surface area (Å²) in [6.07, 6.45) is 0. The van der Waals surface area contributed by atoms with E-state index in [1.807, 2.05) is 42.5 Å². The van der Waals surface area contributed by atoms with E-state index in [0.717, 1.165) is 25.8 Å². The predicted molar refractivity (Wildman–Crippen MR) is 80.9 cm³/mol. The van der Waals surface area contributed by atoms with E-state index < -0.39 is 0 Å². The van der Waals surface area contributed by atoms with Crippen molar-refractivity contribution in [3.63, 3.8) is 0 Å². The van der Waals surface area contributed by atoms with E-state index in [-0.39, 0.29) is 6.04 Å². The Kier molecular flexibility index (Phi) is 4.43.